The molecule has 0 saturated heterocycles. The molecule has 1 heteroatoms. The van der Waals surface area contributed by atoms with Crippen molar-refractivity contribution in [2.24, 2.45) is 0 Å². The van der Waals surface area contributed by atoms with Crippen molar-refractivity contribution in [3.8, 4) is 0 Å². The van der Waals surface area contributed by atoms with Crippen LogP contribution in [0.2, 0.25) is 0 Å². The molecular formula is C6H12O. The van der Waals surface area contributed by atoms with E-state index in [1.54, 1.807) is 6.92 Å². The topological polar surface area (TPSA) is 20.2 Å². The Balaban J connectivity index is 2.97. The van der Waals surface area contributed by atoms with Crippen LogP contribution in [0.1, 0.15) is 20.3 Å². The lowest BCUT2D eigenvalue weighted by Gasteiger charge is -1.93. The molecule has 0 rings (SSSR count). The first-order valence-electron chi connectivity index (χ1n) is 2.56. The van der Waals surface area contributed by atoms with Crippen LogP contribution in [0.15, 0.2) is 12.2 Å². The fourth-order valence-electron chi connectivity index (χ4n) is 0.333. The summed E-state index contributed by atoms with van der Waals surface area (Å²) < 4.78 is 0. The second-order valence-corrected chi connectivity index (χ2v) is 1.65. The molecule has 0 aliphatic carbocycles. The number of hydrogen-bond acceptors (Lipinski definition) is 1. The zero-order chi connectivity index (χ0) is 5.70. The summed E-state index contributed by atoms with van der Waals surface area (Å²) in [6.45, 7) is 3.72. The molecule has 0 radical (unpaired) electrons. The minimum Gasteiger partial charge on any atom is -0.393 e. The molecule has 0 aromatic carbocycles. The van der Waals surface area contributed by atoms with Crippen molar-refractivity contribution in [1.29, 1.82) is 0 Å². The van der Waals surface area contributed by atoms with Gasteiger partial charge in [-0.15, -0.1) is 0 Å². The first-order chi connectivity index (χ1) is 3.27. The van der Waals surface area contributed by atoms with Crippen LogP contribution < -0.4 is 0 Å². The van der Waals surface area contributed by atoms with E-state index in [0.29, 0.717) is 0 Å². The zero-order valence-electron chi connectivity index (χ0n) is 4.89. The molecule has 0 aromatic heterocycles. The fourth-order valence-corrected chi connectivity index (χ4v) is 0.333. The number of allylic oxidation sites excluding steroid dienone is 1. The molecule has 1 nitrogen and oxygen atoms in total. The van der Waals surface area contributed by atoms with Gasteiger partial charge in [-0.1, -0.05) is 12.2 Å². The Bertz CT molecular complexity index is 55.2. The minimum absolute atomic E-state index is 0.184. The molecule has 0 saturated carbocycles. The number of aliphatic hydroxyl groups is 1. The van der Waals surface area contributed by atoms with E-state index >= 15 is 0 Å². The molecule has 7 heavy (non-hydrogen) atoms. The van der Waals surface area contributed by atoms with Crippen LogP contribution in [0.4, 0.5) is 0 Å². The van der Waals surface area contributed by atoms with Crippen molar-refractivity contribution < 1.29 is 5.11 Å². The van der Waals surface area contributed by atoms with E-state index in [-0.39, 0.29) is 6.10 Å². The second kappa shape index (κ2) is 3.88. The van der Waals surface area contributed by atoms with E-state index in [0.717, 1.165) is 6.42 Å². The molecule has 0 unspecified atom stereocenters. The van der Waals surface area contributed by atoms with Crippen LogP contribution in [-0.2, 0) is 0 Å². The highest BCUT2D eigenvalue weighted by atomic mass is 16.3. The average Bonchev–Trinajstić information content (AvgIpc) is 1.61. The quantitative estimate of drug-likeness (QED) is 0.519. The normalized spacial score (nSPS) is 15.3. The maximum Gasteiger partial charge on any atom is 0.0546 e. The lowest BCUT2D eigenvalue weighted by atomic mass is 10.3. The third-order valence-electron chi connectivity index (χ3n) is 0.713. The number of rotatable bonds is 2. The molecule has 0 heterocycles. The van der Waals surface area contributed by atoms with Crippen LogP contribution in [0.25, 0.3) is 0 Å². The van der Waals surface area contributed by atoms with E-state index in [9.17, 15) is 0 Å². The van der Waals surface area contributed by atoms with Crippen LogP contribution in [0, 0.1) is 0 Å². The Morgan fingerprint density at radius 1 is 1.71 bits per heavy atom. The van der Waals surface area contributed by atoms with Crippen LogP contribution in [0.3, 0.4) is 0 Å². The first-order valence-corrected chi connectivity index (χ1v) is 2.56. The Morgan fingerprint density at radius 3 is 2.43 bits per heavy atom. The van der Waals surface area contributed by atoms with Gasteiger partial charge in [0, 0.05) is 0 Å². The van der Waals surface area contributed by atoms with E-state index in [4.69, 9.17) is 5.11 Å². The van der Waals surface area contributed by atoms with Gasteiger partial charge in [-0.2, -0.15) is 0 Å². The van der Waals surface area contributed by atoms with Crippen molar-refractivity contribution in [2.75, 3.05) is 0 Å². The molecule has 1 N–H and O–H groups in total. The Morgan fingerprint density at radius 2 is 2.29 bits per heavy atom. The molecule has 1 atom stereocenters. The zero-order valence-corrected chi connectivity index (χ0v) is 4.89. The van der Waals surface area contributed by atoms with Crippen LogP contribution in [0.5, 0.6) is 0 Å². The van der Waals surface area contributed by atoms with Crippen LogP contribution in [-0.4, -0.2) is 11.2 Å². The summed E-state index contributed by atoms with van der Waals surface area (Å²) in [6.07, 6.45) is 4.48. The summed E-state index contributed by atoms with van der Waals surface area (Å²) in [5, 5.41) is 8.63. The van der Waals surface area contributed by atoms with Gasteiger partial charge in [0.25, 0.3) is 0 Å². The Hall–Kier alpha value is -0.300. The molecule has 0 spiro atoms. The highest BCUT2D eigenvalue weighted by Gasteiger charge is 1.85. The largest absolute Gasteiger partial charge is 0.393 e. The fraction of sp³-hybridized carbons (Fsp3) is 0.667. The minimum atomic E-state index is -0.184. The molecule has 0 fully saturated rings. The highest BCUT2D eigenvalue weighted by molar-refractivity contribution is 4.78. The van der Waals surface area contributed by atoms with E-state index in [2.05, 4.69) is 0 Å². The average molecular weight is 100 g/mol. The predicted molar refractivity (Wildman–Crippen MR) is 31.1 cm³/mol. The summed E-state index contributed by atoms with van der Waals surface area (Å²) in [7, 11) is 0. The van der Waals surface area contributed by atoms with Crippen molar-refractivity contribution in [2.45, 2.75) is 26.4 Å². The lowest BCUT2D eigenvalue weighted by Crippen LogP contribution is -1.94. The van der Waals surface area contributed by atoms with E-state index in [1.165, 1.54) is 0 Å². The van der Waals surface area contributed by atoms with Gasteiger partial charge in [0.2, 0.25) is 0 Å². The Kier molecular flexibility index (Phi) is 3.71. The molecular weight excluding hydrogens is 88.1 g/mol. The van der Waals surface area contributed by atoms with E-state index in [1.807, 2.05) is 19.1 Å². The molecule has 0 aliphatic rings. The third kappa shape index (κ3) is 5.70. The van der Waals surface area contributed by atoms with Crippen molar-refractivity contribution >= 4 is 0 Å². The third-order valence-corrected chi connectivity index (χ3v) is 0.713. The van der Waals surface area contributed by atoms with Gasteiger partial charge in [-0.25, -0.2) is 0 Å². The number of hydrogen-bond donors (Lipinski definition) is 1. The van der Waals surface area contributed by atoms with Gasteiger partial charge in [0.15, 0.2) is 0 Å². The van der Waals surface area contributed by atoms with Gasteiger partial charge in [0.1, 0.15) is 0 Å². The summed E-state index contributed by atoms with van der Waals surface area (Å²) in [5.74, 6) is 0. The van der Waals surface area contributed by atoms with E-state index < -0.39 is 0 Å². The lowest BCUT2D eigenvalue weighted by molar-refractivity contribution is 0.198. The second-order valence-electron chi connectivity index (χ2n) is 1.65. The summed E-state index contributed by atoms with van der Waals surface area (Å²) >= 11 is 0. The van der Waals surface area contributed by atoms with Crippen molar-refractivity contribution in [3.63, 3.8) is 0 Å². The van der Waals surface area contributed by atoms with Gasteiger partial charge in [-0.05, 0) is 20.3 Å². The molecule has 0 aliphatic heterocycles. The maximum atomic E-state index is 8.63. The molecule has 0 amide bonds. The van der Waals surface area contributed by atoms with Gasteiger partial charge >= 0.3 is 0 Å². The SMILES string of the molecule is C/C=C\C[C@H](C)O. The molecule has 0 aromatic rings. The van der Waals surface area contributed by atoms with Gasteiger partial charge in [-0.3, -0.25) is 0 Å². The molecule has 42 valence electrons. The Labute approximate surface area is 44.7 Å². The summed E-state index contributed by atoms with van der Waals surface area (Å²) in [6, 6.07) is 0. The first kappa shape index (κ1) is 6.70. The predicted octanol–water partition coefficient (Wildman–Crippen LogP) is 1.33. The highest BCUT2D eigenvalue weighted by Crippen LogP contribution is 1.88. The van der Waals surface area contributed by atoms with Crippen LogP contribution >= 0.6 is 0 Å². The monoisotopic (exact) mass is 100 g/mol. The standard InChI is InChI=1S/C6H12O/c1-3-4-5-6(2)7/h3-4,6-7H,5H2,1-2H3/b4-3-/t6-/m0/s1. The molecule has 0 bridgehead atoms. The number of aliphatic hydroxyl groups excluding tert-OH is 1. The van der Waals surface area contributed by atoms with Gasteiger partial charge in [0.05, 0.1) is 6.10 Å². The van der Waals surface area contributed by atoms with Crippen molar-refractivity contribution in [3.05, 3.63) is 12.2 Å². The summed E-state index contributed by atoms with van der Waals surface area (Å²) in [5.41, 5.74) is 0. The summed E-state index contributed by atoms with van der Waals surface area (Å²) in [4.78, 5) is 0. The smallest absolute Gasteiger partial charge is 0.0546 e. The maximum absolute atomic E-state index is 8.63. The van der Waals surface area contributed by atoms with Gasteiger partial charge < -0.3 is 5.11 Å². The van der Waals surface area contributed by atoms with Crippen molar-refractivity contribution in [1.82, 2.24) is 0 Å².